The third-order valence-corrected chi connectivity index (χ3v) is 6.34. The molecule has 2 aromatic heterocycles. The van der Waals surface area contributed by atoms with E-state index in [1.807, 2.05) is 0 Å². The summed E-state index contributed by atoms with van der Waals surface area (Å²) in [7, 11) is 0. The fourth-order valence-corrected chi connectivity index (χ4v) is 4.84. The van der Waals surface area contributed by atoms with Gasteiger partial charge in [0, 0.05) is 17.0 Å². The van der Waals surface area contributed by atoms with Crippen LogP contribution in [0.3, 0.4) is 0 Å². The van der Waals surface area contributed by atoms with Gasteiger partial charge in [-0.15, -0.1) is 11.3 Å². The molecule has 136 valence electrons. The minimum Gasteiger partial charge on any atom is -0.309 e. The van der Waals surface area contributed by atoms with Crippen molar-refractivity contribution in [1.82, 2.24) is 14.9 Å². The van der Waals surface area contributed by atoms with Crippen LogP contribution in [-0.2, 0) is 6.54 Å². The van der Waals surface area contributed by atoms with Crippen LogP contribution in [0.25, 0.3) is 21.3 Å². The first kappa shape index (κ1) is 17.4. The van der Waals surface area contributed by atoms with Crippen molar-refractivity contribution in [2.24, 2.45) is 0 Å². The molecule has 0 aliphatic carbocycles. The van der Waals surface area contributed by atoms with Gasteiger partial charge in [-0.1, -0.05) is 30.2 Å². The largest absolute Gasteiger partial charge is 0.309 e. The predicted octanol–water partition coefficient (Wildman–Crippen LogP) is 4.64. The number of nitrogens with one attached hydrogen (secondary N) is 1. The lowest BCUT2D eigenvalue weighted by Crippen LogP contribution is -2.37. The summed E-state index contributed by atoms with van der Waals surface area (Å²) < 4.78 is 0. The maximum atomic E-state index is 12.9. The molecule has 1 aliphatic rings. The summed E-state index contributed by atoms with van der Waals surface area (Å²) in [6, 6.07) is 6.92. The average Bonchev–Trinajstić information content (AvgIpc) is 3.03. The van der Waals surface area contributed by atoms with Crippen LogP contribution in [0.2, 0.25) is 0 Å². The highest BCUT2D eigenvalue weighted by Crippen LogP contribution is 2.33. The van der Waals surface area contributed by atoms with Crippen molar-refractivity contribution in [2.75, 3.05) is 6.54 Å². The van der Waals surface area contributed by atoms with Gasteiger partial charge in [-0.05, 0) is 51.3 Å². The SMILES string of the molecule is Cc1ccc(C)c(-c2csc3nc(CN4CCCC[C@H]4C)[nH]c(=O)c23)c1. The van der Waals surface area contributed by atoms with Gasteiger partial charge in [0.2, 0.25) is 0 Å². The number of aromatic nitrogens is 2. The van der Waals surface area contributed by atoms with Gasteiger partial charge in [-0.25, -0.2) is 4.98 Å². The van der Waals surface area contributed by atoms with Crippen molar-refractivity contribution in [3.63, 3.8) is 0 Å². The number of piperidine rings is 1. The van der Waals surface area contributed by atoms with Gasteiger partial charge < -0.3 is 4.98 Å². The topological polar surface area (TPSA) is 49.0 Å². The third kappa shape index (κ3) is 3.21. The fourth-order valence-electron chi connectivity index (χ4n) is 3.88. The summed E-state index contributed by atoms with van der Waals surface area (Å²) in [6.45, 7) is 8.24. The molecule has 3 heterocycles. The quantitative estimate of drug-likeness (QED) is 0.733. The molecule has 5 heteroatoms. The third-order valence-electron chi connectivity index (χ3n) is 5.47. The number of aromatic amines is 1. The minimum absolute atomic E-state index is 0.0215. The lowest BCUT2D eigenvalue weighted by Gasteiger charge is -2.32. The molecule has 0 amide bonds. The smallest absolute Gasteiger partial charge is 0.260 e. The van der Waals surface area contributed by atoms with E-state index in [0.717, 1.165) is 40.3 Å². The molecule has 0 spiro atoms. The molecular formula is C21H25N3OS. The van der Waals surface area contributed by atoms with E-state index in [1.165, 1.54) is 30.4 Å². The number of fused-ring (bicyclic) bond motifs is 1. The number of H-pyrrole nitrogens is 1. The van der Waals surface area contributed by atoms with Crippen molar-refractivity contribution in [3.8, 4) is 11.1 Å². The number of likely N-dealkylation sites (tertiary alicyclic amines) is 1. The molecule has 26 heavy (non-hydrogen) atoms. The Morgan fingerprint density at radius 2 is 2.12 bits per heavy atom. The number of rotatable bonds is 3. The summed E-state index contributed by atoms with van der Waals surface area (Å²) in [5.41, 5.74) is 4.48. The molecule has 0 unspecified atom stereocenters. The van der Waals surface area contributed by atoms with Crippen LogP contribution in [0.15, 0.2) is 28.4 Å². The molecule has 1 atom stereocenters. The Hall–Kier alpha value is -1.98. The van der Waals surface area contributed by atoms with E-state index in [1.54, 1.807) is 11.3 Å². The number of thiophene rings is 1. The number of hydrogen-bond acceptors (Lipinski definition) is 4. The van der Waals surface area contributed by atoms with Gasteiger partial charge in [-0.3, -0.25) is 9.69 Å². The van der Waals surface area contributed by atoms with E-state index in [-0.39, 0.29) is 5.56 Å². The average molecular weight is 368 g/mol. The van der Waals surface area contributed by atoms with Crippen molar-refractivity contribution in [1.29, 1.82) is 0 Å². The second-order valence-corrected chi connectivity index (χ2v) is 8.33. The molecule has 1 aliphatic heterocycles. The highest BCUT2D eigenvalue weighted by Gasteiger charge is 2.20. The van der Waals surface area contributed by atoms with Crippen LogP contribution < -0.4 is 5.56 Å². The van der Waals surface area contributed by atoms with Gasteiger partial charge in [0.05, 0.1) is 11.9 Å². The van der Waals surface area contributed by atoms with Crippen molar-refractivity contribution < 1.29 is 0 Å². The van der Waals surface area contributed by atoms with Crippen molar-refractivity contribution in [2.45, 2.75) is 52.6 Å². The molecule has 1 N–H and O–H groups in total. The first-order valence-electron chi connectivity index (χ1n) is 9.35. The van der Waals surface area contributed by atoms with Crippen LogP contribution >= 0.6 is 11.3 Å². The number of nitrogens with zero attached hydrogens (tertiary/aromatic N) is 2. The zero-order valence-corrected chi connectivity index (χ0v) is 16.4. The van der Waals surface area contributed by atoms with Crippen LogP contribution in [0, 0.1) is 13.8 Å². The summed E-state index contributed by atoms with van der Waals surface area (Å²) in [6.07, 6.45) is 3.75. The molecule has 1 aromatic carbocycles. The molecule has 0 radical (unpaired) electrons. The zero-order valence-electron chi connectivity index (χ0n) is 15.6. The van der Waals surface area contributed by atoms with Gasteiger partial charge in [-0.2, -0.15) is 0 Å². The van der Waals surface area contributed by atoms with Crippen LogP contribution in [-0.4, -0.2) is 27.5 Å². The second-order valence-electron chi connectivity index (χ2n) is 7.48. The van der Waals surface area contributed by atoms with E-state index in [9.17, 15) is 4.79 Å². The van der Waals surface area contributed by atoms with E-state index >= 15 is 0 Å². The van der Waals surface area contributed by atoms with Crippen molar-refractivity contribution in [3.05, 3.63) is 50.9 Å². The summed E-state index contributed by atoms with van der Waals surface area (Å²) in [4.78, 5) is 24.0. The van der Waals surface area contributed by atoms with Gasteiger partial charge in [0.25, 0.3) is 5.56 Å². The Labute approximate surface area is 157 Å². The molecular weight excluding hydrogens is 342 g/mol. The lowest BCUT2D eigenvalue weighted by atomic mass is 9.99. The van der Waals surface area contributed by atoms with Gasteiger partial charge >= 0.3 is 0 Å². The molecule has 0 saturated carbocycles. The summed E-state index contributed by atoms with van der Waals surface area (Å²) in [5.74, 6) is 0.783. The monoisotopic (exact) mass is 367 g/mol. The van der Waals surface area contributed by atoms with E-state index in [4.69, 9.17) is 4.98 Å². The molecule has 3 aromatic rings. The second kappa shape index (κ2) is 6.97. The molecule has 0 bridgehead atoms. The highest BCUT2D eigenvalue weighted by atomic mass is 32.1. The Balaban J connectivity index is 1.74. The lowest BCUT2D eigenvalue weighted by molar-refractivity contribution is 0.149. The number of aryl methyl sites for hydroxylation is 2. The van der Waals surface area contributed by atoms with Crippen LogP contribution in [0.5, 0.6) is 0 Å². The van der Waals surface area contributed by atoms with E-state index in [0.29, 0.717) is 6.04 Å². The maximum absolute atomic E-state index is 12.9. The molecule has 1 fully saturated rings. The Bertz CT molecular complexity index is 1000. The molecule has 4 rings (SSSR count). The van der Waals surface area contributed by atoms with Crippen molar-refractivity contribution >= 4 is 21.6 Å². The Morgan fingerprint density at radius 3 is 2.92 bits per heavy atom. The molecule has 1 saturated heterocycles. The number of benzene rings is 1. The van der Waals surface area contributed by atoms with Crippen LogP contribution in [0.1, 0.15) is 43.1 Å². The first-order chi connectivity index (χ1) is 12.5. The van der Waals surface area contributed by atoms with Crippen LogP contribution in [0.4, 0.5) is 0 Å². The standard InChI is InChI=1S/C21H25N3OS/c1-13-7-8-14(2)16(10-13)17-12-26-21-19(17)20(25)22-18(23-21)11-24-9-5-4-6-15(24)3/h7-8,10,12,15H,4-6,9,11H2,1-3H3,(H,22,23,25)/t15-/m1/s1. The van der Waals surface area contributed by atoms with Gasteiger partial charge in [0.1, 0.15) is 10.7 Å². The van der Waals surface area contributed by atoms with E-state index < -0.39 is 0 Å². The summed E-state index contributed by atoms with van der Waals surface area (Å²) in [5, 5.41) is 2.79. The van der Waals surface area contributed by atoms with E-state index in [2.05, 4.69) is 54.2 Å². The Morgan fingerprint density at radius 1 is 1.27 bits per heavy atom. The first-order valence-corrected chi connectivity index (χ1v) is 10.2. The minimum atomic E-state index is -0.0215. The predicted molar refractivity (Wildman–Crippen MR) is 109 cm³/mol. The number of hydrogen-bond donors (Lipinski definition) is 1. The zero-order chi connectivity index (χ0) is 18.3. The molecule has 4 nitrogen and oxygen atoms in total. The summed E-state index contributed by atoms with van der Waals surface area (Å²) >= 11 is 1.56. The normalized spacial score (nSPS) is 18.5. The van der Waals surface area contributed by atoms with Gasteiger partial charge in [0.15, 0.2) is 0 Å². The highest BCUT2D eigenvalue weighted by molar-refractivity contribution is 7.17. The fraction of sp³-hybridized carbons (Fsp3) is 0.429. The maximum Gasteiger partial charge on any atom is 0.260 e. The Kier molecular flexibility index (Phi) is 4.67.